The highest BCUT2D eigenvalue weighted by molar-refractivity contribution is 6.50. The molecule has 4 rings (SSSR count). The molecule has 13 heteroatoms. The Bertz CT molecular complexity index is 1200. The van der Waals surface area contributed by atoms with Crippen LogP contribution in [0.25, 0.3) is 0 Å². The number of esters is 4. The Balaban J connectivity index is 1.98. The average Bonchev–Trinajstić information content (AvgIpc) is 3.08. The Kier molecular flexibility index (Phi) is 8.20. The van der Waals surface area contributed by atoms with Crippen molar-refractivity contribution in [2.75, 3.05) is 6.61 Å². The number of ether oxygens (including phenoxy) is 6. The van der Waals surface area contributed by atoms with Gasteiger partial charge >= 0.3 is 31.0 Å². The molecule has 224 valence electrons. The van der Waals surface area contributed by atoms with E-state index in [2.05, 4.69) is 0 Å². The molecule has 5 atom stereocenters. The van der Waals surface area contributed by atoms with Crippen molar-refractivity contribution in [3.05, 3.63) is 29.8 Å². The standard InChI is InChI=1S/C28H37BO12/c1-16(30)34-15-27(29-40-25(5,6)26(7,8)41-29)23(36-18(3)32)22(35-17(2)31)24(37-19(4)33)28(39-27)14-13-20-11-9-10-12-21(20)38-28/h9-12,22-24H,13-15H2,1-8H3/t22-,23+,24-,27+,28-/m0/s1. The summed E-state index contributed by atoms with van der Waals surface area (Å²) in [7, 11) is -1.33. The number of carbonyl (C=O) groups is 4. The molecule has 1 spiro atoms. The lowest BCUT2D eigenvalue weighted by Crippen LogP contribution is -2.79. The van der Waals surface area contributed by atoms with E-state index in [0.717, 1.165) is 19.4 Å². The fraction of sp³-hybridized carbons (Fsp3) is 0.643. The maximum atomic E-state index is 12.6. The summed E-state index contributed by atoms with van der Waals surface area (Å²) in [4.78, 5) is 49.7. The van der Waals surface area contributed by atoms with Crippen LogP contribution in [0, 0.1) is 0 Å². The molecule has 1 aromatic carbocycles. The van der Waals surface area contributed by atoms with Crippen LogP contribution in [0.1, 0.15) is 67.4 Å². The maximum Gasteiger partial charge on any atom is 0.500 e. The summed E-state index contributed by atoms with van der Waals surface area (Å²) in [6, 6.07) is 7.25. The number of hydrogen-bond acceptors (Lipinski definition) is 12. The first-order valence-corrected chi connectivity index (χ1v) is 13.5. The van der Waals surface area contributed by atoms with E-state index in [1.807, 2.05) is 39.8 Å². The predicted octanol–water partition coefficient (Wildman–Crippen LogP) is 2.47. The van der Waals surface area contributed by atoms with E-state index in [1.54, 1.807) is 12.1 Å². The summed E-state index contributed by atoms with van der Waals surface area (Å²) in [5.74, 6) is -4.28. The van der Waals surface area contributed by atoms with Crippen LogP contribution >= 0.6 is 0 Å². The van der Waals surface area contributed by atoms with Crippen LogP contribution < -0.4 is 4.74 Å². The van der Waals surface area contributed by atoms with Gasteiger partial charge in [0.15, 0.2) is 17.7 Å². The molecule has 41 heavy (non-hydrogen) atoms. The normalized spacial score (nSPS) is 31.4. The third-order valence-electron chi connectivity index (χ3n) is 7.91. The van der Waals surface area contributed by atoms with E-state index in [4.69, 9.17) is 37.7 Å². The molecule has 3 heterocycles. The first-order chi connectivity index (χ1) is 19.0. The summed E-state index contributed by atoms with van der Waals surface area (Å²) < 4.78 is 48.9. The van der Waals surface area contributed by atoms with Crippen LogP contribution in [0.15, 0.2) is 24.3 Å². The van der Waals surface area contributed by atoms with E-state index >= 15 is 0 Å². The first kappa shape index (κ1) is 30.8. The second-order valence-electron chi connectivity index (χ2n) is 11.6. The average molecular weight is 576 g/mol. The van der Waals surface area contributed by atoms with Crippen molar-refractivity contribution in [3.8, 4) is 5.75 Å². The van der Waals surface area contributed by atoms with Gasteiger partial charge in [0.05, 0.1) is 11.2 Å². The van der Waals surface area contributed by atoms with Crippen molar-refractivity contribution in [2.24, 2.45) is 0 Å². The topological polar surface area (TPSA) is 142 Å². The predicted molar refractivity (Wildman–Crippen MR) is 141 cm³/mol. The molecule has 0 aliphatic carbocycles. The second kappa shape index (κ2) is 10.9. The monoisotopic (exact) mass is 576 g/mol. The largest absolute Gasteiger partial charge is 0.500 e. The molecule has 0 radical (unpaired) electrons. The molecule has 2 fully saturated rings. The van der Waals surface area contributed by atoms with E-state index in [-0.39, 0.29) is 6.42 Å². The van der Waals surface area contributed by atoms with Gasteiger partial charge in [-0.2, -0.15) is 0 Å². The molecule has 0 saturated carbocycles. The van der Waals surface area contributed by atoms with E-state index in [9.17, 15) is 19.2 Å². The minimum Gasteiger partial charge on any atom is -0.463 e. The summed E-state index contributed by atoms with van der Waals surface area (Å²) in [6.07, 6.45) is -3.88. The van der Waals surface area contributed by atoms with Gasteiger partial charge in [0.1, 0.15) is 12.4 Å². The Morgan fingerprint density at radius 3 is 1.95 bits per heavy atom. The SMILES string of the molecule is CC(=O)OC[C@@]1(B2OC(C)(C)C(C)(C)O2)O[C@@]2(CCc3ccccc3O2)[C@@H](OC(C)=O)[C@@H](OC(C)=O)[C@H]1OC(C)=O. The van der Waals surface area contributed by atoms with Crippen molar-refractivity contribution in [2.45, 2.75) is 109 Å². The molecular formula is C28H37BO12. The summed E-state index contributed by atoms with van der Waals surface area (Å²) in [5.41, 5.74) is -2.88. The zero-order chi connectivity index (χ0) is 30.4. The number of benzene rings is 1. The fourth-order valence-electron chi connectivity index (χ4n) is 5.37. The van der Waals surface area contributed by atoms with Gasteiger partial charge in [0, 0.05) is 34.1 Å². The van der Waals surface area contributed by atoms with Gasteiger partial charge in [-0.25, -0.2) is 0 Å². The minimum absolute atomic E-state index is 0.119. The first-order valence-electron chi connectivity index (χ1n) is 13.5. The highest BCUT2D eigenvalue weighted by atomic mass is 16.8. The highest BCUT2D eigenvalue weighted by Gasteiger charge is 2.75. The smallest absolute Gasteiger partial charge is 0.463 e. The Hall–Kier alpha value is -3.16. The number of fused-ring (bicyclic) bond motifs is 1. The zero-order valence-corrected chi connectivity index (χ0v) is 24.6. The highest BCUT2D eigenvalue weighted by Crippen LogP contribution is 2.51. The molecule has 0 aromatic heterocycles. The third kappa shape index (κ3) is 5.80. The molecule has 0 N–H and O–H groups in total. The number of carbonyl (C=O) groups excluding carboxylic acids is 4. The molecule has 12 nitrogen and oxygen atoms in total. The molecule has 3 aliphatic heterocycles. The van der Waals surface area contributed by atoms with Crippen molar-refractivity contribution in [1.82, 2.24) is 0 Å². The number of aryl methyl sites for hydroxylation is 1. The number of hydrogen-bond donors (Lipinski definition) is 0. The van der Waals surface area contributed by atoms with Gasteiger partial charge in [-0.3, -0.25) is 19.2 Å². The Morgan fingerprint density at radius 1 is 0.829 bits per heavy atom. The molecule has 0 unspecified atom stereocenters. The van der Waals surface area contributed by atoms with Gasteiger partial charge in [0.2, 0.25) is 6.10 Å². The Labute approximate surface area is 239 Å². The second-order valence-corrected chi connectivity index (χ2v) is 11.6. The number of para-hydroxylation sites is 1. The van der Waals surface area contributed by atoms with Gasteiger partial charge in [-0.05, 0) is 45.7 Å². The lowest BCUT2D eigenvalue weighted by molar-refractivity contribution is -0.362. The maximum absolute atomic E-state index is 12.6. The summed E-state index contributed by atoms with van der Waals surface area (Å²) in [6.45, 7) is 11.4. The number of rotatable bonds is 6. The van der Waals surface area contributed by atoms with Gasteiger partial charge in [-0.1, -0.05) is 18.2 Å². The molecule has 0 amide bonds. The van der Waals surface area contributed by atoms with Gasteiger partial charge in [0.25, 0.3) is 5.79 Å². The van der Waals surface area contributed by atoms with Gasteiger partial charge in [-0.15, -0.1) is 0 Å². The van der Waals surface area contributed by atoms with Crippen molar-refractivity contribution in [3.63, 3.8) is 0 Å². The summed E-state index contributed by atoms with van der Waals surface area (Å²) >= 11 is 0. The van der Waals surface area contributed by atoms with E-state index < -0.39 is 78.4 Å². The van der Waals surface area contributed by atoms with E-state index in [1.165, 1.54) is 13.8 Å². The molecule has 2 saturated heterocycles. The van der Waals surface area contributed by atoms with Gasteiger partial charge < -0.3 is 37.7 Å². The summed E-state index contributed by atoms with van der Waals surface area (Å²) in [5, 5.41) is 0. The lowest BCUT2D eigenvalue weighted by atomic mass is 9.59. The van der Waals surface area contributed by atoms with Crippen LogP contribution in [0.5, 0.6) is 5.75 Å². The lowest BCUT2D eigenvalue weighted by Gasteiger charge is -2.56. The minimum atomic E-state index is -1.95. The van der Waals surface area contributed by atoms with Crippen LogP contribution in [-0.2, 0) is 58.6 Å². The van der Waals surface area contributed by atoms with Crippen molar-refractivity contribution < 1.29 is 56.9 Å². The molecule has 0 bridgehead atoms. The fourth-order valence-corrected chi connectivity index (χ4v) is 5.37. The van der Waals surface area contributed by atoms with E-state index in [0.29, 0.717) is 12.2 Å². The molecule has 1 aromatic rings. The zero-order valence-electron chi connectivity index (χ0n) is 24.6. The quantitative estimate of drug-likeness (QED) is 0.279. The van der Waals surface area contributed by atoms with Crippen molar-refractivity contribution in [1.29, 1.82) is 0 Å². The Morgan fingerprint density at radius 2 is 1.39 bits per heavy atom. The van der Waals surface area contributed by atoms with Crippen LogP contribution in [-0.4, -0.2) is 78.4 Å². The van der Waals surface area contributed by atoms with Crippen LogP contribution in [0.4, 0.5) is 0 Å². The van der Waals surface area contributed by atoms with Crippen molar-refractivity contribution >= 4 is 31.0 Å². The van der Waals surface area contributed by atoms with Crippen LogP contribution in [0.3, 0.4) is 0 Å². The third-order valence-corrected chi connectivity index (χ3v) is 7.91. The molecule has 3 aliphatic rings. The molecular weight excluding hydrogens is 539 g/mol. The van der Waals surface area contributed by atoms with Crippen LogP contribution in [0.2, 0.25) is 0 Å².